The van der Waals surface area contributed by atoms with Gasteiger partial charge in [0.2, 0.25) is 0 Å². The summed E-state index contributed by atoms with van der Waals surface area (Å²) in [6.07, 6.45) is 2.34. The predicted octanol–water partition coefficient (Wildman–Crippen LogP) is 2.94. The van der Waals surface area contributed by atoms with E-state index in [4.69, 9.17) is 0 Å². The van der Waals surface area contributed by atoms with Gasteiger partial charge in [-0.05, 0) is 53.3 Å². The van der Waals surface area contributed by atoms with Gasteiger partial charge in [0, 0.05) is 18.1 Å². The summed E-state index contributed by atoms with van der Waals surface area (Å²) in [6.45, 7) is 7.83. The third-order valence-electron chi connectivity index (χ3n) is 3.80. The molecule has 0 bridgehead atoms. The lowest BCUT2D eigenvalue weighted by Crippen LogP contribution is -2.48. The molecule has 0 saturated carbocycles. The van der Waals surface area contributed by atoms with E-state index in [1.165, 1.54) is 12.0 Å². The Kier molecular flexibility index (Phi) is 5.83. The van der Waals surface area contributed by atoms with Crippen LogP contribution in [0.15, 0.2) is 30.3 Å². The summed E-state index contributed by atoms with van der Waals surface area (Å²) in [6, 6.07) is 11.3. The molecule has 1 aromatic rings. The molecule has 0 aliphatic rings. The van der Waals surface area contributed by atoms with Crippen LogP contribution in [0.2, 0.25) is 0 Å². The molecule has 0 radical (unpaired) electrons. The predicted molar refractivity (Wildman–Crippen MR) is 80.0 cm³/mol. The van der Waals surface area contributed by atoms with Gasteiger partial charge in [0.1, 0.15) is 0 Å². The van der Waals surface area contributed by atoms with Crippen molar-refractivity contribution in [3.63, 3.8) is 0 Å². The van der Waals surface area contributed by atoms with Gasteiger partial charge in [0.15, 0.2) is 0 Å². The van der Waals surface area contributed by atoms with Gasteiger partial charge in [0.25, 0.3) is 0 Å². The normalized spacial score (nSPS) is 13.9. The molecule has 2 nitrogen and oxygen atoms in total. The summed E-state index contributed by atoms with van der Waals surface area (Å²) < 4.78 is 0. The van der Waals surface area contributed by atoms with Crippen LogP contribution in [-0.4, -0.2) is 37.1 Å². The van der Waals surface area contributed by atoms with Crippen LogP contribution in [0.4, 0.5) is 0 Å². The Hall–Kier alpha value is -0.860. The fourth-order valence-electron chi connectivity index (χ4n) is 1.71. The molecule has 0 aliphatic carbocycles. The summed E-state index contributed by atoms with van der Waals surface area (Å²) in [5.41, 5.74) is 1.64. The maximum atomic E-state index is 3.63. The molecule has 1 atom stereocenters. The molecular formula is C16H28N2. The third kappa shape index (κ3) is 5.19. The minimum absolute atomic E-state index is 0.209. The Bertz CT molecular complexity index is 330. The molecule has 0 amide bonds. The van der Waals surface area contributed by atoms with Crippen molar-refractivity contribution in [3.05, 3.63) is 35.9 Å². The van der Waals surface area contributed by atoms with Gasteiger partial charge in [-0.25, -0.2) is 0 Å². The SMILES string of the molecule is CC(CCc1ccccc1)NCC(C)(C)N(C)C. The van der Waals surface area contributed by atoms with Crippen molar-refractivity contribution in [2.24, 2.45) is 0 Å². The summed E-state index contributed by atoms with van der Waals surface area (Å²) in [5.74, 6) is 0. The standard InChI is InChI=1S/C16H28N2/c1-14(17-13-16(2,3)18(4)5)11-12-15-9-7-6-8-10-15/h6-10,14,17H,11-13H2,1-5H3. The second kappa shape index (κ2) is 6.91. The van der Waals surface area contributed by atoms with Crippen molar-refractivity contribution in [2.45, 2.75) is 45.2 Å². The number of nitrogens with zero attached hydrogens (tertiary/aromatic N) is 1. The van der Waals surface area contributed by atoms with Gasteiger partial charge in [-0.1, -0.05) is 30.3 Å². The third-order valence-corrected chi connectivity index (χ3v) is 3.80. The number of rotatable bonds is 7. The number of nitrogens with one attached hydrogen (secondary N) is 1. The van der Waals surface area contributed by atoms with E-state index < -0.39 is 0 Å². The number of aryl methyl sites for hydroxylation is 1. The highest BCUT2D eigenvalue weighted by Crippen LogP contribution is 2.10. The zero-order chi connectivity index (χ0) is 13.6. The van der Waals surface area contributed by atoms with E-state index in [9.17, 15) is 0 Å². The Morgan fingerprint density at radius 3 is 2.33 bits per heavy atom. The van der Waals surface area contributed by atoms with Crippen molar-refractivity contribution in [2.75, 3.05) is 20.6 Å². The molecular weight excluding hydrogens is 220 g/mol. The van der Waals surface area contributed by atoms with Crippen LogP contribution in [0.25, 0.3) is 0 Å². The molecule has 2 heteroatoms. The number of benzene rings is 1. The van der Waals surface area contributed by atoms with Crippen molar-refractivity contribution < 1.29 is 0 Å². The molecule has 0 saturated heterocycles. The van der Waals surface area contributed by atoms with Crippen molar-refractivity contribution in [1.29, 1.82) is 0 Å². The first-order valence-corrected chi connectivity index (χ1v) is 6.86. The molecule has 0 spiro atoms. The Labute approximate surface area is 112 Å². The van der Waals surface area contributed by atoms with E-state index in [2.05, 4.69) is 75.4 Å². The second-order valence-electron chi connectivity index (χ2n) is 6.01. The minimum Gasteiger partial charge on any atom is -0.312 e. The highest BCUT2D eigenvalue weighted by molar-refractivity contribution is 5.14. The van der Waals surface area contributed by atoms with Gasteiger partial charge < -0.3 is 10.2 Å². The molecule has 0 heterocycles. The van der Waals surface area contributed by atoms with Crippen LogP contribution in [0.3, 0.4) is 0 Å². The van der Waals surface area contributed by atoms with Gasteiger partial charge in [-0.15, -0.1) is 0 Å². The lowest BCUT2D eigenvalue weighted by atomic mass is 10.0. The summed E-state index contributed by atoms with van der Waals surface area (Å²) in [7, 11) is 4.27. The lowest BCUT2D eigenvalue weighted by Gasteiger charge is -2.34. The van der Waals surface area contributed by atoms with E-state index in [0.29, 0.717) is 6.04 Å². The average Bonchev–Trinajstić information content (AvgIpc) is 2.35. The maximum Gasteiger partial charge on any atom is 0.0271 e. The molecule has 1 rings (SSSR count). The smallest absolute Gasteiger partial charge is 0.0271 e. The molecule has 1 N–H and O–H groups in total. The largest absolute Gasteiger partial charge is 0.312 e. The van der Waals surface area contributed by atoms with E-state index in [-0.39, 0.29) is 5.54 Å². The van der Waals surface area contributed by atoms with Crippen molar-refractivity contribution in [3.8, 4) is 0 Å². The van der Waals surface area contributed by atoms with E-state index in [0.717, 1.165) is 13.0 Å². The first-order valence-electron chi connectivity index (χ1n) is 6.86. The molecule has 0 aromatic heterocycles. The molecule has 1 aromatic carbocycles. The maximum absolute atomic E-state index is 3.63. The summed E-state index contributed by atoms with van der Waals surface area (Å²) in [5, 5.41) is 3.63. The summed E-state index contributed by atoms with van der Waals surface area (Å²) in [4.78, 5) is 2.27. The highest BCUT2D eigenvalue weighted by atomic mass is 15.2. The number of hydrogen-bond donors (Lipinski definition) is 1. The van der Waals surface area contributed by atoms with Gasteiger partial charge >= 0.3 is 0 Å². The molecule has 102 valence electrons. The Morgan fingerprint density at radius 2 is 1.78 bits per heavy atom. The van der Waals surface area contributed by atoms with Gasteiger partial charge in [-0.2, -0.15) is 0 Å². The second-order valence-corrected chi connectivity index (χ2v) is 6.01. The van der Waals surface area contributed by atoms with Crippen LogP contribution >= 0.6 is 0 Å². The topological polar surface area (TPSA) is 15.3 Å². The molecule has 0 fully saturated rings. The van der Waals surface area contributed by atoms with Crippen LogP contribution in [0.5, 0.6) is 0 Å². The average molecular weight is 248 g/mol. The molecule has 18 heavy (non-hydrogen) atoms. The van der Waals surface area contributed by atoms with Crippen molar-refractivity contribution >= 4 is 0 Å². The van der Waals surface area contributed by atoms with Crippen LogP contribution < -0.4 is 5.32 Å². The van der Waals surface area contributed by atoms with Crippen LogP contribution in [-0.2, 0) is 6.42 Å². The first kappa shape index (κ1) is 15.2. The zero-order valence-electron chi connectivity index (χ0n) is 12.5. The van der Waals surface area contributed by atoms with Gasteiger partial charge in [0.05, 0.1) is 0 Å². The monoisotopic (exact) mass is 248 g/mol. The van der Waals surface area contributed by atoms with Crippen molar-refractivity contribution in [1.82, 2.24) is 10.2 Å². The fourth-order valence-corrected chi connectivity index (χ4v) is 1.71. The van der Waals surface area contributed by atoms with E-state index >= 15 is 0 Å². The number of hydrogen-bond acceptors (Lipinski definition) is 2. The fraction of sp³-hybridized carbons (Fsp3) is 0.625. The van der Waals surface area contributed by atoms with Crippen LogP contribution in [0, 0.1) is 0 Å². The van der Waals surface area contributed by atoms with E-state index in [1.807, 2.05) is 0 Å². The van der Waals surface area contributed by atoms with Gasteiger partial charge in [-0.3, -0.25) is 0 Å². The zero-order valence-corrected chi connectivity index (χ0v) is 12.5. The minimum atomic E-state index is 0.209. The number of likely N-dealkylation sites (N-methyl/N-ethyl adjacent to an activating group) is 1. The first-order chi connectivity index (χ1) is 8.42. The lowest BCUT2D eigenvalue weighted by molar-refractivity contribution is 0.184. The van der Waals surface area contributed by atoms with Crippen LogP contribution in [0.1, 0.15) is 32.8 Å². The molecule has 0 aliphatic heterocycles. The molecule has 1 unspecified atom stereocenters. The highest BCUT2D eigenvalue weighted by Gasteiger charge is 2.20. The van der Waals surface area contributed by atoms with E-state index in [1.54, 1.807) is 0 Å². The quantitative estimate of drug-likeness (QED) is 0.798. The Balaban J connectivity index is 2.28. The Morgan fingerprint density at radius 1 is 1.17 bits per heavy atom. The summed E-state index contributed by atoms with van der Waals surface area (Å²) >= 11 is 0.